The molecule has 0 bridgehead atoms. The predicted molar refractivity (Wildman–Crippen MR) is 60.9 cm³/mol. The molecule has 0 radical (unpaired) electrons. The van der Waals surface area contributed by atoms with Gasteiger partial charge in [0.2, 0.25) is 0 Å². The Labute approximate surface area is 96.2 Å². The topological polar surface area (TPSA) is 52.0 Å². The van der Waals surface area contributed by atoms with Crippen molar-refractivity contribution < 1.29 is 4.74 Å². The first kappa shape index (κ1) is 11.5. The fourth-order valence-electron chi connectivity index (χ4n) is 1.85. The highest BCUT2D eigenvalue weighted by molar-refractivity contribution is 4.87. The summed E-state index contributed by atoms with van der Waals surface area (Å²) < 4.78 is 7.18. The lowest BCUT2D eigenvalue weighted by Gasteiger charge is -2.38. The van der Waals surface area contributed by atoms with Crippen LogP contribution in [0.1, 0.15) is 26.1 Å². The highest BCUT2D eigenvalue weighted by Crippen LogP contribution is 2.25. The fourth-order valence-corrected chi connectivity index (χ4v) is 1.85. The van der Waals surface area contributed by atoms with Gasteiger partial charge in [0, 0.05) is 18.5 Å². The van der Waals surface area contributed by atoms with Crippen molar-refractivity contribution in [1.82, 2.24) is 20.1 Å². The molecule has 16 heavy (non-hydrogen) atoms. The van der Waals surface area contributed by atoms with Crippen LogP contribution in [0.25, 0.3) is 0 Å². The van der Waals surface area contributed by atoms with Gasteiger partial charge < -0.3 is 10.1 Å². The second-order valence-electron chi connectivity index (χ2n) is 4.81. The SMILES string of the molecule is CCCn1ncnc1CNCC1(C)COC1. The molecule has 90 valence electrons. The van der Waals surface area contributed by atoms with Crippen molar-refractivity contribution >= 4 is 0 Å². The Bertz CT molecular complexity index is 332. The van der Waals surface area contributed by atoms with Gasteiger partial charge in [-0.15, -0.1) is 0 Å². The van der Waals surface area contributed by atoms with Crippen LogP contribution in [0.3, 0.4) is 0 Å². The molecule has 0 unspecified atom stereocenters. The van der Waals surface area contributed by atoms with Crippen LogP contribution in [0.4, 0.5) is 0 Å². The number of aryl methyl sites for hydroxylation is 1. The van der Waals surface area contributed by atoms with Crippen LogP contribution in [-0.2, 0) is 17.8 Å². The first-order chi connectivity index (χ1) is 7.73. The van der Waals surface area contributed by atoms with E-state index in [4.69, 9.17) is 4.74 Å². The van der Waals surface area contributed by atoms with Crippen molar-refractivity contribution in [2.24, 2.45) is 5.41 Å². The molecular formula is C11H20N4O. The van der Waals surface area contributed by atoms with Gasteiger partial charge >= 0.3 is 0 Å². The number of aromatic nitrogens is 3. The molecule has 1 N–H and O–H groups in total. The van der Waals surface area contributed by atoms with Gasteiger partial charge in [0.1, 0.15) is 12.2 Å². The van der Waals surface area contributed by atoms with Gasteiger partial charge in [-0.2, -0.15) is 5.10 Å². The predicted octanol–water partition coefficient (Wildman–Crippen LogP) is 0.814. The van der Waals surface area contributed by atoms with Crippen molar-refractivity contribution in [3.8, 4) is 0 Å². The van der Waals surface area contributed by atoms with Crippen LogP contribution in [0, 0.1) is 5.41 Å². The minimum atomic E-state index is 0.315. The second kappa shape index (κ2) is 4.93. The molecule has 2 rings (SSSR count). The summed E-state index contributed by atoms with van der Waals surface area (Å²) in [5.41, 5.74) is 0.315. The molecular weight excluding hydrogens is 204 g/mol. The van der Waals surface area contributed by atoms with Crippen molar-refractivity contribution in [1.29, 1.82) is 0 Å². The molecule has 0 aromatic carbocycles. The summed E-state index contributed by atoms with van der Waals surface area (Å²) in [4.78, 5) is 4.26. The van der Waals surface area contributed by atoms with E-state index in [1.165, 1.54) is 0 Å². The molecule has 5 nitrogen and oxygen atoms in total. The largest absolute Gasteiger partial charge is 0.380 e. The van der Waals surface area contributed by atoms with Gasteiger partial charge in [0.25, 0.3) is 0 Å². The Balaban J connectivity index is 1.78. The lowest BCUT2D eigenvalue weighted by molar-refractivity contribution is -0.0992. The molecule has 1 fully saturated rings. The van der Waals surface area contributed by atoms with E-state index < -0.39 is 0 Å². The zero-order valence-electron chi connectivity index (χ0n) is 10.1. The maximum absolute atomic E-state index is 5.21. The highest BCUT2D eigenvalue weighted by atomic mass is 16.5. The van der Waals surface area contributed by atoms with E-state index in [1.807, 2.05) is 4.68 Å². The fraction of sp³-hybridized carbons (Fsp3) is 0.818. The molecule has 1 aromatic rings. The van der Waals surface area contributed by atoms with E-state index in [1.54, 1.807) is 6.33 Å². The minimum Gasteiger partial charge on any atom is -0.380 e. The highest BCUT2D eigenvalue weighted by Gasteiger charge is 2.32. The van der Waals surface area contributed by atoms with Crippen LogP contribution in [-0.4, -0.2) is 34.5 Å². The summed E-state index contributed by atoms with van der Waals surface area (Å²) in [6, 6.07) is 0. The summed E-state index contributed by atoms with van der Waals surface area (Å²) >= 11 is 0. The number of nitrogens with zero attached hydrogens (tertiary/aromatic N) is 3. The third kappa shape index (κ3) is 2.59. The molecule has 5 heteroatoms. The molecule has 0 amide bonds. The van der Waals surface area contributed by atoms with Crippen molar-refractivity contribution in [3.63, 3.8) is 0 Å². The molecule has 0 atom stereocenters. The second-order valence-corrected chi connectivity index (χ2v) is 4.81. The zero-order chi connectivity index (χ0) is 11.4. The number of ether oxygens (including phenoxy) is 1. The normalized spacial score (nSPS) is 18.4. The molecule has 1 aromatic heterocycles. The van der Waals surface area contributed by atoms with Gasteiger partial charge in [-0.05, 0) is 6.42 Å². The molecule has 1 saturated heterocycles. The van der Waals surface area contributed by atoms with E-state index in [2.05, 4.69) is 29.2 Å². The summed E-state index contributed by atoms with van der Waals surface area (Å²) in [5, 5.41) is 7.62. The lowest BCUT2D eigenvalue weighted by Crippen LogP contribution is -2.47. The molecule has 0 spiro atoms. The Hall–Kier alpha value is -0.940. The average molecular weight is 224 g/mol. The lowest BCUT2D eigenvalue weighted by atomic mass is 9.89. The maximum Gasteiger partial charge on any atom is 0.140 e. The van der Waals surface area contributed by atoms with E-state index in [0.717, 1.165) is 45.1 Å². The first-order valence-electron chi connectivity index (χ1n) is 5.89. The third-order valence-electron chi connectivity index (χ3n) is 2.87. The Kier molecular flexibility index (Phi) is 3.56. The number of nitrogens with one attached hydrogen (secondary N) is 1. The standard InChI is InChI=1S/C11H20N4O/c1-3-4-15-10(13-9-14-15)5-12-6-11(2)7-16-8-11/h9,12H,3-8H2,1-2H3. The van der Waals surface area contributed by atoms with Crippen LogP contribution < -0.4 is 5.32 Å². The quantitative estimate of drug-likeness (QED) is 0.777. The smallest absolute Gasteiger partial charge is 0.140 e. The van der Waals surface area contributed by atoms with E-state index >= 15 is 0 Å². The minimum absolute atomic E-state index is 0.315. The Morgan fingerprint density at radius 2 is 2.38 bits per heavy atom. The molecule has 2 heterocycles. The van der Waals surface area contributed by atoms with E-state index in [0.29, 0.717) is 5.41 Å². The molecule has 1 aliphatic heterocycles. The number of hydrogen-bond donors (Lipinski definition) is 1. The molecule has 1 aliphatic rings. The zero-order valence-corrected chi connectivity index (χ0v) is 10.1. The van der Waals surface area contributed by atoms with Gasteiger partial charge in [0.15, 0.2) is 0 Å². The van der Waals surface area contributed by atoms with Crippen molar-refractivity contribution in [3.05, 3.63) is 12.2 Å². The monoisotopic (exact) mass is 224 g/mol. The van der Waals surface area contributed by atoms with Gasteiger partial charge in [-0.3, -0.25) is 0 Å². The van der Waals surface area contributed by atoms with Gasteiger partial charge in [-0.25, -0.2) is 9.67 Å². The van der Waals surface area contributed by atoms with Gasteiger partial charge in [0.05, 0.1) is 19.8 Å². The summed E-state index contributed by atoms with van der Waals surface area (Å²) in [7, 11) is 0. The number of rotatable bonds is 6. The number of hydrogen-bond acceptors (Lipinski definition) is 4. The summed E-state index contributed by atoms with van der Waals surface area (Å²) in [6.07, 6.45) is 2.71. The maximum atomic E-state index is 5.21. The molecule has 0 saturated carbocycles. The van der Waals surface area contributed by atoms with Crippen LogP contribution in [0.2, 0.25) is 0 Å². The Morgan fingerprint density at radius 1 is 1.56 bits per heavy atom. The van der Waals surface area contributed by atoms with Gasteiger partial charge in [-0.1, -0.05) is 13.8 Å². The summed E-state index contributed by atoms with van der Waals surface area (Å²) in [5.74, 6) is 1.02. The van der Waals surface area contributed by atoms with Crippen LogP contribution in [0.15, 0.2) is 6.33 Å². The molecule has 0 aliphatic carbocycles. The third-order valence-corrected chi connectivity index (χ3v) is 2.87. The van der Waals surface area contributed by atoms with E-state index in [9.17, 15) is 0 Å². The van der Waals surface area contributed by atoms with Crippen molar-refractivity contribution in [2.75, 3.05) is 19.8 Å². The summed E-state index contributed by atoms with van der Waals surface area (Å²) in [6.45, 7) is 8.81. The average Bonchev–Trinajstić information content (AvgIpc) is 2.64. The Morgan fingerprint density at radius 3 is 3.00 bits per heavy atom. The van der Waals surface area contributed by atoms with Crippen LogP contribution >= 0.6 is 0 Å². The van der Waals surface area contributed by atoms with Crippen LogP contribution in [0.5, 0.6) is 0 Å². The first-order valence-corrected chi connectivity index (χ1v) is 5.89. The van der Waals surface area contributed by atoms with E-state index in [-0.39, 0.29) is 0 Å². The van der Waals surface area contributed by atoms with Crippen molar-refractivity contribution in [2.45, 2.75) is 33.4 Å².